The maximum Gasteiger partial charge on any atom is 0.243 e. The zero-order chi connectivity index (χ0) is 14.6. The molecule has 2 rings (SSSR count). The lowest BCUT2D eigenvalue weighted by atomic mass is 10.1. The Morgan fingerprint density at radius 1 is 1.24 bits per heavy atom. The Bertz CT molecular complexity index is 526. The first-order valence-electron chi connectivity index (χ1n) is 6.98. The Morgan fingerprint density at radius 3 is 2.29 bits per heavy atom. The van der Waals surface area contributed by atoms with Gasteiger partial charge in [0.05, 0.1) is 11.5 Å². The molecular formula is C14H23ClN2O3S. The predicted molar refractivity (Wildman–Crippen MR) is 85.7 cm³/mol. The summed E-state index contributed by atoms with van der Waals surface area (Å²) in [5.41, 5.74) is 0. The van der Waals surface area contributed by atoms with Crippen molar-refractivity contribution in [3.8, 4) is 5.75 Å². The van der Waals surface area contributed by atoms with E-state index in [1.165, 1.54) is 0 Å². The van der Waals surface area contributed by atoms with Crippen molar-refractivity contribution in [2.24, 2.45) is 0 Å². The third kappa shape index (κ3) is 4.32. The van der Waals surface area contributed by atoms with Gasteiger partial charge in [-0.3, -0.25) is 0 Å². The molecule has 0 aliphatic carbocycles. The summed E-state index contributed by atoms with van der Waals surface area (Å²) < 4.78 is 31.9. The van der Waals surface area contributed by atoms with Crippen molar-refractivity contribution in [2.45, 2.75) is 30.7 Å². The van der Waals surface area contributed by atoms with Crippen molar-refractivity contribution in [2.75, 3.05) is 26.7 Å². The molecule has 0 atom stereocenters. The van der Waals surface area contributed by atoms with E-state index in [1.807, 2.05) is 14.0 Å². The molecule has 0 saturated carbocycles. The van der Waals surface area contributed by atoms with E-state index in [1.54, 1.807) is 28.6 Å². The Hall–Kier alpha value is -0.820. The van der Waals surface area contributed by atoms with Crippen molar-refractivity contribution >= 4 is 22.4 Å². The van der Waals surface area contributed by atoms with E-state index < -0.39 is 10.0 Å². The van der Waals surface area contributed by atoms with Crippen LogP contribution in [0.5, 0.6) is 5.75 Å². The molecule has 21 heavy (non-hydrogen) atoms. The van der Waals surface area contributed by atoms with Gasteiger partial charge < -0.3 is 10.1 Å². The molecule has 120 valence electrons. The van der Waals surface area contributed by atoms with E-state index >= 15 is 0 Å². The van der Waals surface area contributed by atoms with Gasteiger partial charge in [-0.25, -0.2) is 8.42 Å². The monoisotopic (exact) mass is 334 g/mol. The molecule has 5 nitrogen and oxygen atoms in total. The second kappa shape index (κ2) is 7.98. The van der Waals surface area contributed by atoms with Crippen molar-refractivity contribution in [3.63, 3.8) is 0 Å². The Balaban J connectivity index is 0.00000220. The molecule has 1 aromatic carbocycles. The van der Waals surface area contributed by atoms with Gasteiger partial charge in [-0.15, -0.1) is 12.4 Å². The summed E-state index contributed by atoms with van der Waals surface area (Å²) >= 11 is 0. The second-order valence-electron chi connectivity index (χ2n) is 4.87. The van der Waals surface area contributed by atoms with Gasteiger partial charge in [0.15, 0.2) is 0 Å². The van der Waals surface area contributed by atoms with Crippen LogP contribution in [-0.2, 0) is 10.0 Å². The fourth-order valence-corrected chi connectivity index (χ4v) is 3.88. The Labute approximate surface area is 133 Å². The van der Waals surface area contributed by atoms with Gasteiger partial charge >= 0.3 is 0 Å². The molecule has 0 amide bonds. The zero-order valence-electron chi connectivity index (χ0n) is 12.4. The van der Waals surface area contributed by atoms with Crippen molar-refractivity contribution < 1.29 is 13.2 Å². The van der Waals surface area contributed by atoms with E-state index in [0.29, 0.717) is 36.4 Å². The van der Waals surface area contributed by atoms with Crippen molar-refractivity contribution in [3.05, 3.63) is 24.3 Å². The average Bonchev–Trinajstić information content (AvgIpc) is 2.48. The van der Waals surface area contributed by atoms with Crippen molar-refractivity contribution in [1.82, 2.24) is 9.62 Å². The lowest BCUT2D eigenvalue weighted by Gasteiger charge is -2.31. The summed E-state index contributed by atoms with van der Waals surface area (Å²) in [7, 11) is -1.46. The number of ether oxygens (including phenoxy) is 1. The van der Waals surface area contributed by atoms with E-state index in [0.717, 1.165) is 12.8 Å². The Kier molecular flexibility index (Phi) is 6.93. The molecule has 1 aliphatic rings. The van der Waals surface area contributed by atoms with Gasteiger partial charge in [-0.05, 0) is 51.1 Å². The van der Waals surface area contributed by atoms with Crippen LogP contribution < -0.4 is 10.1 Å². The molecule has 1 N–H and O–H groups in total. The molecule has 0 radical (unpaired) electrons. The third-order valence-corrected chi connectivity index (χ3v) is 5.55. The quantitative estimate of drug-likeness (QED) is 0.893. The molecule has 0 aromatic heterocycles. The molecule has 7 heteroatoms. The number of piperidine rings is 1. The number of halogens is 1. The standard InChI is InChI=1S/C14H22N2O3S.ClH/c1-3-19-13-4-6-14(7-5-13)20(17,18)16-10-8-12(15-2)9-11-16;/h4-7,12,15H,3,8-11H2,1-2H3;1H. The topological polar surface area (TPSA) is 58.6 Å². The highest BCUT2D eigenvalue weighted by molar-refractivity contribution is 7.89. The second-order valence-corrected chi connectivity index (χ2v) is 6.81. The summed E-state index contributed by atoms with van der Waals surface area (Å²) in [6, 6.07) is 7.06. The number of benzene rings is 1. The highest BCUT2D eigenvalue weighted by atomic mass is 35.5. The smallest absolute Gasteiger partial charge is 0.243 e. The van der Waals surface area contributed by atoms with Crippen LogP contribution in [0.25, 0.3) is 0 Å². The highest BCUT2D eigenvalue weighted by Gasteiger charge is 2.28. The number of hydrogen-bond donors (Lipinski definition) is 1. The van der Waals surface area contributed by atoms with E-state index in [2.05, 4.69) is 5.32 Å². The minimum absolute atomic E-state index is 0. The largest absolute Gasteiger partial charge is 0.494 e. The lowest BCUT2D eigenvalue weighted by molar-refractivity contribution is 0.298. The van der Waals surface area contributed by atoms with E-state index in [-0.39, 0.29) is 12.4 Å². The first kappa shape index (κ1) is 18.2. The molecule has 0 spiro atoms. The van der Waals surface area contributed by atoms with Crippen LogP contribution in [0.4, 0.5) is 0 Å². The molecular weight excluding hydrogens is 312 g/mol. The molecule has 0 bridgehead atoms. The summed E-state index contributed by atoms with van der Waals surface area (Å²) in [5.74, 6) is 0.695. The fraction of sp³-hybridized carbons (Fsp3) is 0.571. The zero-order valence-corrected chi connectivity index (χ0v) is 14.0. The van der Waals surface area contributed by atoms with Crippen LogP contribution >= 0.6 is 12.4 Å². The molecule has 1 fully saturated rings. The average molecular weight is 335 g/mol. The SMILES string of the molecule is CCOc1ccc(S(=O)(=O)N2CCC(NC)CC2)cc1.Cl. The maximum atomic E-state index is 12.5. The lowest BCUT2D eigenvalue weighted by Crippen LogP contribution is -2.43. The summed E-state index contributed by atoms with van der Waals surface area (Å²) in [4.78, 5) is 0.337. The normalized spacial score (nSPS) is 17.2. The number of rotatable bonds is 5. The number of sulfonamides is 1. The minimum atomic E-state index is -3.38. The van der Waals surface area contributed by atoms with Gasteiger partial charge in [0.1, 0.15) is 5.75 Å². The van der Waals surface area contributed by atoms with Crippen LogP contribution in [-0.4, -0.2) is 45.5 Å². The van der Waals surface area contributed by atoms with E-state index in [4.69, 9.17) is 4.74 Å². The van der Waals surface area contributed by atoms with Crippen molar-refractivity contribution in [1.29, 1.82) is 0 Å². The number of nitrogens with one attached hydrogen (secondary N) is 1. The van der Waals surface area contributed by atoms with Crippen LogP contribution in [0.3, 0.4) is 0 Å². The number of nitrogens with zero attached hydrogens (tertiary/aromatic N) is 1. The van der Waals surface area contributed by atoms with Gasteiger partial charge in [0.25, 0.3) is 0 Å². The molecule has 1 aliphatic heterocycles. The fourth-order valence-electron chi connectivity index (χ4n) is 2.41. The third-order valence-electron chi connectivity index (χ3n) is 3.63. The minimum Gasteiger partial charge on any atom is -0.494 e. The first-order chi connectivity index (χ1) is 9.57. The van der Waals surface area contributed by atoms with Gasteiger partial charge in [0.2, 0.25) is 10.0 Å². The summed E-state index contributed by atoms with van der Waals surface area (Å²) in [5, 5.41) is 3.20. The van der Waals surface area contributed by atoms with Gasteiger partial charge in [0, 0.05) is 19.1 Å². The summed E-state index contributed by atoms with van der Waals surface area (Å²) in [6.07, 6.45) is 1.71. The van der Waals surface area contributed by atoms with Crippen LogP contribution in [0.1, 0.15) is 19.8 Å². The van der Waals surface area contributed by atoms with Crippen LogP contribution in [0.15, 0.2) is 29.2 Å². The Morgan fingerprint density at radius 2 is 1.81 bits per heavy atom. The van der Waals surface area contributed by atoms with Crippen LogP contribution in [0, 0.1) is 0 Å². The van der Waals surface area contributed by atoms with E-state index in [9.17, 15) is 8.42 Å². The van der Waals surface area contributed by atoms with Gasteiger partial charge in [-0.1, -0.05) is 0 Å². The van der Waals surface area contributed by atoms with Crippen LogP contribution in [0.2, 0.25) is 0 Å². The molecule has 1 saturated heterocycles. The van der Waals surface area contributed by atoms with Gasteiger partial charge in [-0.2, -0.15) is 4.31 Å². The maximum absolute atomic E-state index is 12.5. The summed E-state index contributed by atoms with van der Waals surface area (Å²) in [6.45, 7) is 3.61. The highest BCUT2D eigenvalue weighted by Crippen LogP contribution is 2.22. The predicted octanol–water partition coefficient (Wildman–Crippen LogP) is 1.88. The molecule has 1 aromatic rings. The number of hydrogen-bond acceptors (Lipinski definition) is 4. The molecule has 1 heterocycles. The first-order valence-corrected chi connectivity index (χ1v) is 8.42. The molecule has 0 unspecified atom stereocenters.